The molecule has 3 atom stereocenters. The Balaban J connectivity index is 2.87. The van der Waals surface area contributed by atoms with Crippen molar-refractivity contribution in [3.63, 3.8) is 0 Å². The minimum absolute atomic E-state index is 0.0805. The van der Waals surface area contributed by atoms with Crippen LogP contribution in [-0.4, -0.2) is 56.3 Å². The van der Waals surface area contributed by atoms with Crippen molar-refractivity contribution in [1.82, 2.24) is 4.90 Å². The Morgan fingerprint density at radius 2 is 1.52 bits per heavy atom. The van der Waals surface area contributed by atoms with Gasteiger partial charge < -0.3 is 18.8 Å². The number of carbonyl (C=O) groups is 1. The minimum Gasteiger partial charge on any atom is -0.444 e. The zero-order chi connectivity index (χ0) is 21.4. The van der Waals surface area contributed by atoms with Gasteiger partial charge in [0.1, 0.15) is 5.60 Å². The SMILES string of the molecule is CN(C(=O)OC(C)(C)C)[C@@H]1C[C@H](OC(C)(C)C)[C@@H]1CO[Si](C)(C)C(C)(C)C. The third-order valence-electron chi connectivity index (χ3n) is 5.57. The van der Waals surface area contributed by atoms with E-state index in [0.717, 1.165) is 6.42 Å². The van der Waals surface area contributed by atoms with Gasteiger partial charge in [0, 0.05) is 25.6 Å². The summed E-state index contributed by atoms with van der Waals surface area (Å²) in [5.41, 5.74) is -0.709. The first-order valence-corrected chi connectivity index (χ1v) is 13.0. The number of carbonyl (C=O) groups excluding carboxylic acids is 1. The lowest BCUT2D eigenvalue weighted by molar-refractivity contribution is -0.162. The van der Waals surface area contributed by atoms with E-state index in [4.69, 9.17) is 13.9 Å². The molecule has 0 heterocycles. The molecule has 0 bridgehead atoms. The van der Waals surface area contributed by atoms with Crippen LogP contribution in [0, 0.1) is 5.92 Å². The molecular formula is C21H43NO4Si. The second-order valence-corrected chi connectivity index (χ2v) is 16.2. The molecule has 1 aliphatic rings. The summed E-state index contributed by atoms with van der Waals surface area (Å²) in [6.45, 7) is 23.8. The zero-order valence-electron chi connectivity index (χ0n) is 19.7. The lowest BCUT2D eigenvalue weighted by atomic mass is 9.75. The van der Waals surface area contributed by atoms with E-state index in [-0.39, 0.29) is 34.8 Å². The average Bonchev–Trinajstić information content (AvgIpc) is 2.38. The average molecular weight is 402 g/mol. The van der Waals surface area contributed by atoms with Crippen molar-refractivity contribution in [2.24, 2.45) is 5.92 Å². The summed E-state index contributed by atoms with van der Waals surface area (Å²) in [4.78, 5) is 14.3. The van der Waals surface area contributed by atoms with Gasteiger partial charge in [0.2, 0.25) is 0 Å². The molecule has 0 N–H and O–H groups in total. The maximum absolute atomic E-state index is 12.5. The first kappa shape index (κ1) is 24.4. The van der Waals surface area contributed by atoms with E-state index >= 15 is 0 Å². The van der Waals surface area contributed by atoms with Gasteiger partial charge in [-0.2, -0.15) is 0 Å². The highest BCUT2D eigenvalue weighted by molar-refractivity contribution is 6.74. The second-order valence-electron chi connectivity index (χ2n) is 11.4. The van der Waals surface area contributed by atoms with Crippen LogP contribution in [-0.2, 0) is 13.9 Å². The normalized spacial score (nSPS) is 24.4. The molecule has 1 rings (SSSR count). The molecule has 0 radical (unpaired) electrons. The molecule has 160 valence electrons. The monoisotopic (exact) mass is 401 g/mol. The maximum atomic E-state index is 12.5. The van der Waals surface area contributed by atoms with Crippen LogP contribution in [0.3, 0.4) is 0 Å². The molecule has 27 heavy (non-hydrogen) atoms. The van der Waals surface area contributed by atoms with Crippen molar-refractivity contribution in [3.8, 4) is 0 Å². The van der Waals surface area contributed by atoms with Crippen LogP contribution in [0.15, 0.2) is 0 Å². The van der Waals surface area contributed by atoms with Gasteiger partial charge in [-0.15, -0.1) is 0 Å². The number of hydrogen-bond acceptors (Lipinski definition) is 4. The van der Waals surface area contributed by atoms with Gasteiger partial charge in [0.05, 0.1) is 11.7 Å². The molecule has 1 aliphatic carbocycles. The standard InChI is InChI=1S/C21H43NO4Si/c1-19(2,3)25-17-13-16(22(10)18(23)26-20(4,5)6)15(17)14-24-27(11,12)21(7,8)9/h15-17H,13-14H2,1-12H3/t15-,16-,17+/m1/s1. The van der Waals surface area contributed by atoms with Gasteiger partial charge >= 0.3 is 6.09 Å². The summed E-state index contributed by atoms with van der Waals surface area (Å²) in [6, 6.07) is 0.0805. The molecule has 0 saturated heterocycles. The first-order chi connectivity index (χ1) is 11.8. The van der Waals surface area contributed by atoms with E-state index in [1.165, 1.54) is 0 Å². The summed E-state index contributed by atoms with van der Waals surface area (Å²) in [6.07, 6.45) is 0.641. The van der Waals surface area contributed by atoms with Gasteiger partial charge in [-0.1, -0.05) is 20.8 Å². The topological polar surface area (TPSA) is 48.0 Å². The maximum Gasteiger partial charge on any atom is 0.410 e. The molecule has 1 saturated carbocycles. The third-order valence-corrected chi connectivity index (χ3v) is 10.1. The quantitative estimate of drug-likeness (QED) is 0.575. The Hall–Kier alpha value is -0.593. The molecule has 1 amide bonds. The lowest BCUT2D eigenvalue weighted by Gasteiger charge is -2.51. The largest absolute Gasteiger partial charge is 0.444 e. The molecule has 0 aromatic rings. The van der Waals surface area contributed by atoms with Crippen LogP contribution in [0.1, 0.15) is 68.7 Å². The van der Waals surface area contributed by atoms with Gasteiger partial charge in [0.25, 0.3) is 0 Å². The van der Waals surface area contributed by atoms with Crippen molar-refractivity contribution in [3.05, 3.63) is 0 Å². The molecule has 0 aromatic heterocycles. The Morgan fingerprint density at radius 1 is 1.00 bits per heavy atom. The van der Waals surface area contributed by atoms with Crippen LogP contribution in [0.25, 0.3) is 0 Å². The Kier molecular flexibility index (Phi) is 7.27. The van der Waals surface area contributed by atoms with Crippen molar-refractivity contribution in [2.75, 3.05) is 13.7 Å². The predicted octanol–water partition coefficient (Wildman–Crippen LogP) is 5.45. The highest BCUT2D eigenvalue weighted by atomic mass is 28.4. The van der Waals surface area contributed by atoms with Crippen LogP contribution in [0.2, 0.25) is 18.1 Å². The highest BCUT2D eigenvalue weighted by Gasteiger charge is 2.49. The number of rotatable bonds is 5. The van der Waals surface area contributed by atoms with Crippen molar-refractivity contribution in [1.29, 1.82) is 0 Å². The number of amides is 1. The van der Waals surface area contributed by atoms with Crippen LogP contribution in [0.5, 0.6) is 0 Å². The molecule has 1 fully saturated rings. The fourth-order valence-corrected chi connectivity index (χ4v) is 3.93. The molecular weight excluding hydrogens is 358 g/mol. The van der Waals surface area contributed by atoms with E-state index in [1.807, 2.05) is 27.8 Å². The summed E-state index contributed by atoms with van der Waals surface area (Å²) < 4.78 is 18.3. The number of ether oxygens (including phenoxy) is 2. The van der Waals surface area contributed by atoms with E-state index in [2.05, 4.69) is 54.6 Å². The van der Waals surface area contributed by atoms with Crippen molar-refractivity contribution >= 4 is 14.4 Å². The van der Waals surface area contributed by atoms with E-state index in [1.54, 1.807) is 4.90 Å². The lowest BCUT2D eigenvalue weighted by Crippen LogP contribution is -2.61. The van der Waals surface area contributed by atoms with E-state index in [9.17, 15) is 4.79 Å². The van der Waals surface area contributed by atoms with Crippen LogP contribution < -0.4 is 0 Å². The van der Waals surface area contributed by atoms with E-state index in [0.29, 0.717) is 6.61 Å². The Labute approximate surface area is 168 Å². The highest BCUT2D eigenvalue weighted by Crippen LogP contribution is 2.41. The Bertz CT molecular complexity index is 514. The molecule has 6 heteroatoms. The summed E-state index contributed by atoms with van der Waals surface area (Å²) >= 11 is 0. The summed E-state index contributed by atoms with van der Waals surface area (Å²) in [5.74, 6) is 0.163. The molecule has 0 unspecified atom stereocenters. The van der Waals surface area contributed by atoms with Gasteiger partial charge in [-0.25, -0.2) is 4.79 Å². The number of nitrogens with zero attached hydrogens (tertiary/aromatic N) is 1. The van der Waals surface area contributed by atoms with E-state index < -0.39 is 13.9 Å². The number of hydrogen-bond donors (Lipinski definition) is 0. The van der Waals surface area contributed by atoms with Crippen LogP contribution >= 0.6 is 0 Å². The van der Waals surface area contributed by atoms with Gasteiger partial charge in [0.15, 0.2) is 8.32 Å². The fraction of sp³-hybridized carbons (Fsp3) is 0.952. The molecule has 0 aromatic carbocycles. The first-order valence-electron chi connectivity index (χ1n) is 10.1. The summed E-state index contributed by atoms with van der Waals surface area (Å²) in [5, 5.41) is 0.156. The Morgan fingerprint density at radius 3 is 1.93 bits per heavy atom. The second kappa shape index (κ2) is 8.03. The molecule has 0 aliphatic heterocycles. The minimum atomic E-state index is -1.86. The summed E-state index contributed by atoms with van der Waals surface area (Å²) in [7, 11) is -0.0335. The molecule has 0 spiro atoms. The fourth-order valence-electron chi connectivity index (χ4n) is 2.88. The molecule has 5 nitrogen and oxygen atoms in total. The predicted molar refractivity (Wildman–Crippen MR) is 114 cm³/mol. The zero-order valence-corrected chi connectivity index (χ0v) is 20.7. The van der Waals surface area contributed by atoms with Crippen molar-refractivity contribution in [2.45, 2.75) is 110 Å². The van der Waals surface area contributed by atoms with Crippen LogP contribution in [0.4, 0.5) is 4.79 Å². The smallest absolute Gasteiger partial charge is 0.410 e. The van der Waals surface area contributed by atoms with Gasteiger partial charge in [-0.3, -0.25) is 0 Å². The van der Waals surface area contributed by atoms with Gasteiger partial charge in [-0.05, 0) is 66.1 Å². The van der Waals surface area contributed by atoms with Crippen molar-refractivity contribution < 1.29 is 18.7 Å². The third kappa shape index (κ3) is 7.06.